The van der Waals surface area contributed by atoms with E-state index in [2.05, 4.69) is 4.90 Å². The Kier molecular flexibility index (Phi) is 7.37. The number of amides is 1. The van der Waals surface area contributed by atoms with E-state index in [1.165, 1.54) is 47.4 Å². The fraction of sp³-hybridized carbons (Fsp3) is 0.304. The van der Waals surface area contributed by atoms with Crippen molar-refractivity contribution < 1.29 is 24.5 Å². The van der Waals surface area contributed by atoms with Crippen LogP contribution in [0.3, 0.4) is 0 Å². The van der Waals surface area contributed by atoms with Gasteiger partial charge in [0.25, 0.3) is 23.1 Å². The highest BCUT2D eigenvalue weighted by Crippen LogP contribution is 2.40. The van der Waals surface area contributed by atoms with Crippen LogP contribution in [0.1, 0.15) is 31.0 Å². The predicted octanol–water partition coefficient (Wildman–Crippen LogP) is 3.27. The normalized spacial score (nSPS) is 17.4. The zero-order valence-corrected chi connectivity index (χ0v) is 18.7. The first-order valence-corrected chi connectivity index (χ1v) is 10.7. The molecule has 1 aliphatic heterocycles. The van der Waals surface area contributed by atoms with Gasteiger partial charge in [-0.2, -0.15) is 0 Å². The van der Waals surface area contributed by atoms with E-state index < -0.39 is 33.3 Å². The van der Waals surface area contributed by atoms with Crippen molar-refractivity contribution in [3.8, 4) is 0 Å². The first-order chi connectivity index (χ1) is 16.2. The number of likely N-dealkylation sites (N-methyl/N-ethyl adjacent to an activating group) is 1. The summed E-state index contributed by atoms with van der Waals surface area (Å²) in [6, 6.07) is 9.42. The standard InChI is InChI=1S/C23H24N4O7/c1-3-24(4-2)12-13-25-20(16-6-5-7-18(14-16)27(33)34)19(22(29)23(25)30)21(28)15-8-10-17(11-9-15)26(31)32/h5-11,14,20,28H,3-4,12-13H2,1-2H3. The molecule has 0 spiro atoms. The molecule has 1 unspecified atom stereocenters. The number of nitro groups is 2. The van der Waals surface area contributed by atoms with Crippen LogP contribution < -0.4 is 0 Å². The predicted molar refractivity (Wildman–Crippen MR) is 123 cm³/mol. The lowest BCUT2D eigenvalue weighted by molar-refractivity contribution is -0.385. The molecule has 0 aliphatic carbocycles. The van der Waals surface area contributed by atoms with E-state index in [4.69, 9.17) is 0 Å². The van der Waals surface area contributed by atoms with Crippen molar-refractivity contribution in [3.05, 3.63) is 85.5 Å². The van der Waals surface area contributed by atoms with Crippen LogP contribution in [0.25, 0.3) is 5.76 Å². The molecule has 1 saturated heterocycles. The molecular weight excluding hydrogens is 444 g/mol. The van der Waals surface area contributed by atoms with Crippen LogP contribution in [0.15, 0.2) is 54.1 Å². The van der Waals surface area contributed by atoms with Crippen LogP contribution in [0.4, 0.5) is 11.4 Å². The van der Waals surface area contributed by atoms with Crippen LogP contribution in [0.2, 0.25) is 0 Å². The number of hydrogen-bond donors (Lipinski definition) is 1. The van der Waals surface area contributed by atoms with E-state index in [9.17, 15) is 34.9 Å². The number of carbonyl (C=O) groups excluding carboxylic acids is 2. The van der Waals surface area contributed by atoms with Gasteiger partial charge in [0, 0.05) is 42.9 Å². The lowest BCUT2D eigenvalue weighted by Crippen LogP contribution is -2.38. The summed E-state index contributed by atoms with van der Waals surface area (Å²) < 4.78 is 0. The number of rotatable bonds is 9. The Morgan fingerprint density at radius 3 is 2.18 bits per heavy atom. The number of hydrogen-bond acceptors (Lipinski definition) is 8. The summed E-state index contributed by atoms with van der Waals surface area (Å²) in [4.78, 5) is 50.5. The largest absolute Gasteiger partial charge is 0.507 e. The SMILES string of the molecule is CCN(CC)CCN1C(=O)C(=O)C(=C(O)c2ccc([N+](=O)[O-])cc2)C1c1cccc([N+](=O)[O-])c1. The van der Waals surface area contributed by atoms with Gasteiger partial charge in [0.15, 0.2) is 0 Å². The van der Waals surface area contributed by atoms with Crippen LogP contribution >= 0.6 is 0 Å². The van der Waals surface area contributed by atoms with Gasteiger partial charge in [-0.25, -0.2) is 0 Å². The second-order valence-electron chi connectivity index (χ2n) is 7.68. The zero-order valence-electron chi connectivity index (χ0n) is 18.7. The maximum Gasteiger partial charge on any atom is 0.295 e. The number of nitrogens with zero attached hydrogens (tertiary/aromatic N) is 4. The smallest absolute Gasteiger partial charge is 0.295 e. The third kappa shape index (κ3) is 4.79. The molecule has 0 radical (unpaired) electrons. The molecule has 0 saturated carbocycles. The van der Waals surface area contributed by atoms with E-state index in [-0.39, 0.29) is 29.1 Å². The number of benzene rings is 2. The Labute approximate surface area is 195 Å². The Balaban J connectivity index is 2.13. The van der Waals surface area contributed by atoms with Crippen LogP contribution in [-0.2, 0) is 9.59 Å². The molecule has 2 aromatic carbocycles. The molecule has 178 valence electrons. The minimum atomic E-state index is -1.05. The molecule has 1 amide bonds. The summed E-state index contributed by atoms with van der Waals surface area (Å²) in [5.41, 5.74) is -0.230. The number of aliphatic hydroxyl groups excluding tert-OH is 1. The molecule has 1 atom stereocenters. The minimum Gasteiger partial charge on any atom is -0.507 e. The van der Waals surface area contributed by atoms with Gasteiger partial charge >= 0.3 is 0 Å². The van der Waals surface area contributed by atoms with Gasteiger partial charge in [0.05, 0.1) is 21.5 Å². The van der Waals surface area contributed by atoms with Gasteiger partial charge in [-0.1, -0.05) is 26.0 Å². The summed E-state index contributed by atoms with van der Waals surface area (Å²) in [6.45, 7) is 6.00. The monoisotopic (exact) mass is 468 g/mol. The van der Waals surface area contributed by atoms with E-state index in [0.717, 1.165) is 13.1 Å². The molecule has 1 heterocycles. The highest BCUT2D eigenvalue weighted by molar-refractivity contribution is 6.46. The summed E-state index contributed by atoms with van der Waals surface area (Å²) in [6.07, 6.45) is 0. The Hall–Kier alpha value is -4.12. The third-order valence-electron chi connectivity index (χ3n) is 5.84. The molecule has 34 heavy (non-hydrogen) atoms. The van der Waals surface area contributed by atoms with Gasteiger partial charge in [0.2, 0.25) is 0 Å². The second-order valence-corrected chi connectivity index (χ2v) is 7.68. The molecule has 11 nitrogen and oxygen atoms in total. The summed E-state index contributed by atoms with van der Waals surface area (Å²) >= 11 is 0. The van der Waals surface area contributed by atoms with Gasteiger partial charge in [-0.05, 0) is 30.8 Å². The van der Waals surface area contributed by atoms with E-state index in [0.29, 0.717) is 12.1 Å². The average Bonchev–Trinajstić information content (AvgIpc) is 3.09. The molecule has 2 aromatic rings. The number of carbonyl (C=O) groups is 2. The van der Waals surface area contributed by atoms with Crippen molar-refractivity contribution in [2.75, 3.05) is 26.2 Å². The number of nitro benzene ring substituents is 2. The maximum atomic E-state index is 13.0. The topological polar surface area (TPSA) is 147 Å². The number of Topliss-reactive ketones (excluding diaryl/α,β-unsaturated/α-hetero) is 1. The van der Waals surface area contributed by atoms with E-state index >= 15 is 0 Å². The van der Waals surface area contributed by atoms with Crippen molar-refractivity contribution in [3.63, 3.8) is 0 Å². The summed E-state index contributed by atoms with van der Waals surface area (Å²) in [5.74, 6) is -2.26. The molecule has 1 aliphatic rings. The molecule has 0 bridgehead atoms. The first kappa shape index (κ1) is 24.5. The molecule has 1 N–H and O–H groups in total. The van der Waals surface area contributed by atoms with Crippen molar-refractivity contribution in [2.24, 2.45) is 0 Å². The molecule has 3 rings (SSSR count). The summed E-state index contributed by atoms with van der Waals surface area (Å²) in [7, 11) is 0. The molecular formula is C23H24N4O7. The van der Waals surface area contributed by atoms with Crippen molar-refractivity contribution in [1.29, 1.82) is 0 Å². The fourth-order valence-electron chi connectivity index (χ4n) is 3.95. The van der Waals surface area contributed by atoms with Crippen LogP contribution in [0, 0.1) is 20.2 Å². The van der Waals surface area contributed by atoms with Crippen molar-refractivity contribution in [1.82, 2.24) is 9.80 Å². The number of non-ortho nitro benzene ring substituents is 2. The Bertz CT molecular complexity index is 1160. The summed E-state index contributed by atoms with van der Waals surface area (Å²) in [5, 5.41) is 33.3. The highest BCUT2D eigenvalue weighted by Gasteiger charge is 2.46. The van der Waals surface area contributed by atoms with Gasteiger partial charge in [-0.15, -0.1) is 0 Å². The number of aliphatic hydroxyl groups is 1. The number of likely N-dealkylation sites (tertiary alicyclic amines) is 1. The number of ketones is 1. The van der Waals surface area contributed by atoms with Gasteiger partial charge in [0.1, 0.15) is 5.76 Å². The third-order valence-corrected chi connectivity index (χ3v) is 5.84. The molecule has 0 aromatic heterocycles. The average molecular weight is 468 g/mol. The minimum absolute atomic E-state index is 0.114. The Morgan fingerprint density at radius 2 is 1.62 bits per heavy atom. The lowest BCUT2D eigenvalue weighted by Gasteiger charge is -2.28. The Morgan fingerprint density at radius 1 is 1.00 bits per heavy atom. The van der Waals surface area contributed by atoms with Crippen LogP contribution in [0.5, 0.6) is 0 Å². The van der Waals surface area contributed by atoms with E-state index in [1.54, 1.807) is 6.07 Å². The van der Waals surface area contributed by atoms with Crippen molar-refractivity contribution in [2.45, 2.75) is 19.9 Å². The highest BCUT2D eigenvalue weighted by atomic mass is 16.6. The van der Waals surface area contributed by atoms with E-state index in [1.807, 2.05) is 13.8 Å². The van der Waals surface area contributed by atoms with Crippen molar-refractivity contribution >= 4 is 28.8 Å². The molecule has 11 heteroatoms. The quantitative estimate of drug-likeness (QED) is 0.194. The van der Waals surface area contributed by atoms with Gasteiger partial charge in [-0.3, -0.25) is 29.8 Å². The first-order valence-electron chi connectivity index (χ1n) is 10.7. The second kappa shape index (κ2) is 10.2. The molecule has 1 fully saturated rings. The zero-order chi connectivity index (χ0) is 25.0. The maximum absolute atomic E-state index is 13.0. The fourth-order valence-corrected chi connectivity index (χ4v) is 3.95. The lowest BCUT2D eigenvalue weighted by atomic mass is 9.95. The van der Waals surface area contributed by atoms with Crippen LogP contribution in [-0.4, -0.2) is 62.6 Å². The van der Waals surface area contributed by atoms with Gasteiger partial charge < -0.3 is 14.9 Å².